The maximum atomic E-state index is 9.14. The molecule has 0 amide bonds. The zero-order valence-corrected chi connectivity index (χ0v) is 9.57. The molecule has 3 heteroatoms. The van der Waals surface area contributed by atoms with Crippen molar-refractivity contribution < 1.29 is 9.84 Å². The van der Waals surface area contributed by atoms with Gasteiger partial charge >= 0.3 is 0 Å². The normalized spacial score (nSPS) is 31.7. The molecular formula is C11H23NO2. The van der Waals surface area contributed by atoms with Crippen molar-refractivity contribution in [3.63, 3.8) is 0 Å². The number of hydrogen-bond acceptors (Lipinski definition) is 3. The zero-order valence-electron chi connectivity index (χ0n) is 9.57. The summed E-state index contributed by atoms with van der Waals surface area (Å²) in [5.41, 5.74) is 0. The number of ether oxygens (including phenoxy) is 1. The Labute approximate surface area is 87.1 Å². The largest absolute Gasteiger partial charge is 0.393 e. The zero-order chi connectivity index (χ0) is 10.6. The van der Waals surface area contributed by atoms with E-state index >= 15 is 0 Å². The Hall–Kier alpha value is -0.120. The first kappa shape index (κ1) is 12.0. The van der Waals surface area contributed by atoms with Crippen LogP contribution in [0.15, 0.2) is 0 Å². The third-order valence-corrected chi connectivity index (χ3v) is 2.59. The number of aliphatic hydroxyl groups is 1. The minimum absolute atomic E-state index is 0.161. The molecule has 1 rings (SSSR count). The fourth-order valence-corrected chi connectivity index (χ4v) is 2.08. The summed E-state index contributed by atoms with van der Waals surface area (Å²) < 4.78 is 5.65. The van der Waals surface area contributed by atoms with Gasteiger partial charge in [-0.05, 0) is 40.2 Å². The van der Waals surface area contributed by atoms with Crippen LogP contribution in [0.5, 0.6) is 0 Å². The molecule has 14 heavy (non-hydrogen) atoms. The summed E-state index contributed by atoms with van der Waals surface area (Å²) >= 11 is 0. The van der Waals surface area contributed by atoms with E-state index < -0.39 is 0 Å². The lowest BCUT2D eigenvalue weighted by molar-refractivity contribution is -0.0685. The molecule has 1 fully saturated rings. The van der Waals surface area contributed by atoms with Gasteiger partial charge in [-0.1, -0.05) is 0 Å². The molecule has 1 heterocycles. The maximum absolute atomic E-state index is 9.14. The van der Waals surface area contributed by atoms with Crippen LogP contribution in [0.2, 0.25) is 0 Å². The van der Waals surface area contributed by atoms with Gasteiger partial charge in [-0.15, -0.1) is 0 Å². The summed E-state index contributed by atoms with van der Waals surface area (Å²) in [6.45, 7) is 9.25. The molecule has 1 aliphatic rings. The second-order valence-electron chi connectivity index (χ2n) is 4.51. The molecule has 0 aromatic rings. The van der Waals surface area contributed by atoms with Gasteiger partial charge in [0.05, 0.1) is 18.3 Å². The average molecular weight is 201 g/mol. The Morgan fingerprint density at radius 2 is 1.93 bits per heavy atom. The smallest absolute Gasteiger partial charge is 0.0678 e. The lowest BCUT2D eigenvalue weighted by atomic mass is 10.2. The highest BCUT2D eigenvalue weighted by atomic mass is 16.5. The van der Waals surface area contributed by atoms with Gasteiger partial charge in [0.2, 0.25) is 0 Å². The molecule has 0 bridgehead atoms. The lowest BCUT2D eigenvalue weighted by Crippen LogP contribution is -2.45. The highest BCUT2D eigenvalue weighted by molar-refractivity contribution is 4.72. The molecule has 1 saturated heterocycles. The first-order chi connectivity index (χ1) is 6.58. The summed E-state index contributed by atoms with van der Waals surface area (Å²) in [5.74, 6) is 0. The van der Waals surface area contributed by atoms with Crippen LogP contribution in [0.1, 0.15) is 33.6 Å². The average Bonchev–Trinajstić information content (AvgIpc) is 2.01. The van der Waals surface area contributed by atoms with E-state index in [2.05, 4.69) is 18.7 Å². The van der Waals surface area contributed by atoms with E-state index in [1.54, 1.807) is 0 Å². The van der Waals surface area contributed by atoms with Gasteiger partial charge in [-0.2, -0.15) is 0 Å². The fourth-order valence-electron chi connectivity index (χ4n) is 2.08. The second-order valence-corrected chi connectivity index (χ2v) is 4.51. The Kier molecular flexibility index (Phi) is 4.85. The van der Waals surface area contributed by atoms with Crippen molar-refractivity contribution in [2.45, 2.75) is 51.9 Å². The highest BCUT2D eigenvalue weighted by Gasteiger charge is 2.21. The molecule has 3 nitrogen and oxygen atoms in total. The molecule has 0 radical (unpaired) electrons. The second kappa shape index (κ2) is 5.69. The minimum Gasteiger partial charge on any atom is -0.393 e. The molecule has 3 atom stereocenters. The predicted molar refractivity (Wildman–Crippen MR) is 57.4 cm³/mol. The van der Waals surface area contributed by atoms with Gasteiger partial charge < -0.3 is 9.84 Å². The Balaban J connectivity index is 2.17. The van der Waals surface area contributed by atoms with Gasteiger partial charge in [0.25, 0.3) is 0 Å². The van der Waals surface area contributed by atoms with Crippen molar-refractivity contribution in [1.29, 1.82) is 0 Å². The van der Waals surface area contributed by atoms with Crippen molar-refractivity contribution in [2.75, 3.05) is 19.6 Å². The molecule has 0 aliphatic carbocycles. The van der Waals surface area contributed by atoms with E-state index in [0.717, 1.165) is 32.5 Å². The molecular weight excluding hydrogens is 178 g/mol. The number of rotatable bonds is 4. The SMILES string of the molecule is CC(O)CCCN1CC(C)OC(C)C1. The first-order valence-corrected chi connectivity index (χ1v) is 5.64. The highest BCUT2D eigenvalue weighted by Crippen LogP contribution is 2.11. The molecule has 3 unspecified atom stereocenters. The quantitative estimate of drug-likeness (QED) is 0.743. The topological polar surface area (TPSA) is 32.7 Å². The number of hydrogen-bond donors (Lipinski definition) is 1. The van der Waals surface area contributed by atoms with Crippen molar-refractivity contribution in [3.8, 4) is 0 Å². The van der Waals surface area contributed by atoms with Crippen LogP contribution in [-0.4, -0.2) is 48.0 Å². The fraction of sp³-hybridized carbons (Fsp3) is 1.00. The van der Waals surface area contributed by atoms with Crippen LogP contribution in [0, 0.1) is 0 Å². The first-order valence-electron chi connectivity index (χ1n) is 5.64. The van der Waals surface area contributed by atoms with Crippen LogP contribution in [0.4, 0.5) is 0 Å². The third-order valence-electron chi connectivity index (χ3n) is 2.59. The molecule has 0 saturated carbocycles. The van der Waals surface area contributed by atoms with E-state index in [1.165, 1.54) is 0 Å². The van der Waals surface area contributed by atoms with E-state index in [1.807, 2.05) is 6.92 Å². The molecule has 84 valence electrons. The van der Waals surface area contributed by atoms with Gasteiger partial charge in [-0.25, -0.2) is 0 Å². The molecule has 0 aromatic heterocycles. The van der Waals surface area contributed by atoms with Gasteiger partial charge in [0.1, 0.15) is 0 Å². The van der Waals surface area contributed by atoms with E-state index in [9.17, 15) is 0 Å². The van der Waals surface area contributed by atoms with Crippen LogP contribution in [0.3, 0.4) is 0 Å². The standard InChI is InChI=1S/C11H23NO2/c1-9(13)5-4-6-12-7-10(2)14-11(3)8-12/h9-11,13H,4-8H2,1-3H3. The van der Waals surface area contributed by atoms with Crippen LogP contribution < -0.4 is 0 Å². The lowest BCUT2D eigenvalue weighted by Gasteiger charge is -2.35. The molecule has 0 spiro atoms. The maximum Gasteiger partial charge on any atom is 0.0678 e. The Morgan fingerprint density at radius 3 is 2.43 bits per heavy atom. The predicted octanol–water partition coefficient (Wildman–Crippen LogP) is 1.26. The van der Waals surface area contributed by atoms with Crippen molar-refractivity contribution in [3.05, 3.63) is 0 Å². The molecule has 1 N–H and O–H groups in total. The summed E-state index contributed by atoms with van der Waals surface area (Å²) in [6.07, 6.45) is 2.53. The van der Waals surface area contributed by atoms with Gasteiger partial charge in [0, 0.05) is 13.1 Å². The molecule has 0 aromatic carbocycles. The number of morpholine rings is 1. The molecule has 1 aliphatic heterocycles. The summed E-state index contributed by atoms with van der Waals surface area (Å²) in [4.78, 5) is 2.43. The van der Waals surface area contributed by atoms with Crippen molar-refractivity contribution >= 4 is 0 Å². The number of nitrogens with zero attached hydrogens (tertiary/aromatic N) is 1. The van der Waals surface area contributed by atoms with Gasteiger partial charge in [0.15, 0.2) is 0 Å². The van der Waals surface area contributed by atoms with Crippen LogP contribution >= 0.6 is 0 Å². The summed E-state index contributed by atoms with van der Waals surface area (Å²) in [6, 6.07) is 0. The number of aliphatic hydroxyl groups excluding tert-OH is 1. The van der Waals surface area contributed by atoms with E-state index in [-0.39, 0.29) is 6.10 Å². The summed E-state index contributed by atoms with van der Waals surface area (Å²) in [5, 5.41) is 9.14. The summed E-state index contributed by atoms with van der Waals surface area (Å²) in [7, 11) is 0. The third kappa shape index (κ3) is 4.40. The Morgan fingerprint density at radius 1 is 1.36 bits per heavy atom. The monoisotopic (exact) mass is 201 g/mol. The minimum atomic E-state index is -0.161. The van der Waals surface area contributed by atoms with Crippen molar-refractivity contribution in [2.24, 2.45) is 0 Å². The van der Waals surface area contributed by atoms with Gasteiger partial charge in [-0.3, -0.25) is 4.90 Å². The van der Waals surface area contributed by atoms with Crippen LogP contribution in [-0.2, 0) is 4.74 Å². The Bertz CT molecular complexity index is 151. The van der Waals surface area contributed by atoms with E-state index in [0.29, 0.717) is 12.2 Å². The van der Waals surface area contributed by atoms with Crippen LogP contribution in [0.25, 0.3) is 0 Å². The van der Waals surface area contributed by atoms with Crippen molar-refractivity contribution in [1.82, 2.24) is 4.90 Å². The van der Waals surface area contributed by atoms with E-state index in [4.69, 9.17) is 9.84 Å².